The summed E-state index contributed by atoms with van der Waals surface area (Å²) in [6, 6.07) is 13.0. The molecule has 110 valence electrons. The summed E-state index contributed by atoms with van der Waals surface area (Å²) < 4.78 is 0. The van der Waals surface area contributed by atoms with Gasteiger partial charge in [0.1, 0.15) is 5.75 Å². The number of thioether (sulfide) groups is 1. The lowest BCUT2D eigenvalue weighted by molar-refractivity contribution is -0.113. The zero-order chi connectivity index (χ0) is 15.7. The highest BCUT2D eigenvalue weighted by molar-refractivity contribution is 8.19. The van der Waals surface area contributed by atoms with Gasteiger partial charge in [0, 0.05) is 5.02 Å². The molecule has 1 heterocycles. The number of amides is 2. The Labute approximate surface area is 136 Å². The van der Waals surface area contributed by atoms with Crippen LogP contribution in [0.2, 0.25) is 5.02 Å². The number of hydrogen-bond acceptors (Lipinski definition) is 4. The lowest BCUT2D eigenvalue weighted by atomic mass is 10.2. The molecule has 1 saturated heterocycles. The van der Waals surface area contributed by atoms with Crippen molar-refractivity contribution >= 4 is 46.3 Å². The highest BCUT2D eigenvalue weighted by Gasteiger charge is 2.36. The van der Waals surface area contributed by atoms with Gasteiger partial charge in [-0.3, -0.25) is 9.59 Å². The molecule has 0 radical (unpaired) electrons. The van der Waals surface area contributed by atoms with Gasteiger partial charge in [0.15, 0.2) is 0 Å². The SMILES string of the molecule is O=C1S/C(=C\c2ccc(O)cc2)C(=O)N1c1cccc(Cl)c1. The molecule has 1 aliphatic heterocycles. The molecule has 0 unspecified atom stereocenters. The summed E-state index contributed by atoms with van der Waals surface area (Å²) in [5, 5.41) is 9.35. The molecule has 0 bridgehead atoms. The van der Waals surface area contributed by atoms with Crippen molar-refractivity contribution in [3.8, 4) is 5.75 Å². The minimum atomic E-state index is -0.384. The van der Waals surface area contributed by atoms with Crippen molar-refractivity contribution < 1.29 is 14.7 Å². The smallest absolute Gasteiger partial charge is 0.298 e. The van der Waals surface area contributed by atoms with Crippen molar-refractivity contribution in [2.75, 3.05) is 4.90 Å². The Kier molecular flexibility index (Phi) is 3.92. The molecule has 0 aliphatic carbocycles. The number of carbonyl (C=O) groups is 2. The van der Waals surface area contributed by atoms with Crippen LogP contribution < -0.4 is 4.90 Å². The highest BCUT2D eigenvalue weighted by Crippen LogP contribution is 2.36. The number of imide groups is 1. The van der Waals surface area contributed by atoms with E-state index in [1.807, 2.05) is 0 Å². The van der Waals surface area contributed by atoms with Gasteiger partial charge in [-0.25, -0.2) is 4.90 Å². The van der Waals surface area contributed by atoms with Crippen molar-refractivity contribution in [2.24, 2.45) is 0 Å². The third-order valence-electron chi connectivity index (χ3n) is 3.05. The Bertz CT molecular complexity index is 786. The fourth-order valence-electron chi connectivity index (χ4n) is 2.03. The molecule has 4 nitrogen and oxygen atoms in total. The van der Waals surface area contributed by atoms with Gasteiger partial charge < -0.3 is 5.11 Å². The van der Waals surface area contributed by atoms with Gasteiger partial charge in [0.05, 0.1) is 10.6 Å². The summed E-state index contributed by atoms with van der Waals surface area (Å²) in [4.78, 5) is 25.9. The zero-order valence-corrected chi connectivity index (χ0v) is 12.8. The van der Waals surface area contributed by atoms with Crippen LogP contribution >= 0.6 is 23.4 Å². The first-order valence-corrected chi connectivity index (χ1v) is 7.56. The number of anilines is 1. The topological polar surface area (TPSA) is 57.6 Å². The Balaban J connectivity index is 1.93. The number of rotatable bonds is 2. The first-order chi connectivity index (χ1) is 10.5. The van der Waals surface area contributed by atoms with E-state index in [1.54, 1.807) is 42.5 Å². The lowest BCUT2D eigenvalue weighted by Gasteiger charge is -2.12. The molecule has 6 heteroatoms. The third-order valence-corrected chi connectivity index (χ3v) is 4.16. The third kappa shape index (κ3) is 2.86. The molecule has 2 amide bonds. The number of carbonyl (C=O) groups excluding carboxylic acids is 2. The molecule has 2 aromatic rings. The second-order valence-corrected chi connectivity index (χ2v) is 6.02. The van der Waals surface area contributed by atoms with E-state index in [0.29, 0.717) is 15.6 Å². The first-order valence-electron chi connectivity index (χ1n) is 6.37. The molecule has 3 rings (SSSR count). The van der Waals surface area contributed by atoms with Gasteiger partial charge in [-0.05, 0) is 53.7 Å². The predicted molar refractivity (Wildman–Crippen MR) is 88.0 cm³/mol. The standard InChI is InChI=1S/C16H10ClNO3S/c17-11-2-1-3-12(9-11)18-15(20)14(22-16(18)21)8-10-4-6-13(19)7-5-10/h1-9,19H/b14-8-. The maximum atomic E-state index is 12.4. The molecule has 0 spiro atoms. The van der Waals surface area contributed by atoms with Gasteiger partial charge in [-0.15, -0.1) is 0 Å². The van der Waals surface area contributed by atoms with Crippen LogP contribution in [0.1, 0.15) is 5.56 Å². The van der Waals surface area contributed by atoms with E-state index in [1.165, 1.54) is 12.1 Å². The van der Waals surface area contributed by atoms with Crippen LogP contribution in [-0.4, -0.2) is 16.3 Å². The second-order valence-electron chi connectivity index (χ2n) is 4.59. The number of hydrogen-bond donors (Lipinski definition) is 1. The minimum Gasteiger partial charge on any atom is -0.508 e. The van der Waals surface area contributed by atoms with Crippen LogP contribution in [0.4, 0.5) is 10.5 Å². The normalized spacial score (nSPS) is 16.6. The number of benzene rings is 2. The van der Waals surface area contributed by atoms with Crippen molar-refractivity contribution in [3.05, 3.63) is 64.0 Å². The molecular weight excluding hydrogens is 322 g/mol. The maximum absolute atomic E-state index is 12.4. The van der Waals surface area contributed by atoms with Gasteiger partial charge in [-0.2, -0.15) is 0 Å². The van der Waals surface area contributed by atoms with Gasteiger partial charge in [0.25, 0.3) is 11.1 Å². The number of phenolic OH excluding ortho intramolecular Hbond substituents is 1. The van der Waals surface area contributed by atoms with Crippen molar-refractivity contribution in [3.63, 3.8) is 0 Å². The molecule has 0 atom stereocenters. The van der Waals surface area contributed by atoms with Crippen molar-refractivity contribution in [2.45, 2.75) is 0 Å². The fourth-order valence-corrected chi connectivity index (χ4v) is 3.05. The monoisotopic (exact) mass is 331 g/mol. The highest BCUT2D eigenvalue weighted by atomic mass is 35.5. The summed E-state index contributed by atoms with van der Waals surface area (Å²) in [5.74, 6) is -0.241. The van der Waals surface area contributed by atoms with E-state index in [9.17, 15) is 14.7 Å². The zero-order valence-electron chi connectivity index (χ0n) is 11.2. The van der Waals surface area contributed by atoms with Crippen LogP contribution in [0.5, 0.6) is 5.75 Å². The summed E-state index contributed by atoms with van der Waals surface area (Å²) in [6.07, 6.45) is 1.62. The quantitative estimate of drug-likeness (QED) is 0.834. The molecule has 0 saturated carbocycles. The van der Waals surface area contributed by atoms with E-state index in [2.05, 4.69) is 0 Å². The molecule has 1 aliphatic rings. The second kappa shape index (κ2) is 5.87. The summed E-state index contributed by atoms with van der Waals surface area (Å²) >= 11 is 6.78. The van der Waals surface area contributed by atoms with E-state index >= 15 is 0 Å². The van der Waals surface area contributed by atoms with Crippen LogP contribution in [0.15, 0.2) is 53.4 Å². The van der Waals surface area contributed by atoms with Crippen molar-refractivity contribution in [1.29, 1.82) is 0 Å². The van der Waals surface area contributed by atoms with Crippen molar-refractivity contribution in [1.82, 2.24) is 0 Å². The van der Waals surface area contributed by atoms with Crippen LogP contribution in [0.25, 0.3) is 6.08 Å². The minimum absolute atomic E-state index is 0.143. The molecule has 1 N–H and O–H groups in total. The Hall–Kier alpha value is -2.24. The van der Waals surface area contributed by atoms with E-state index in [0.717, 1.165) is 22.2 Å². The Morgan fingerprint density at radius 1 is 1.09 bits per heavy atom. The molecule has 1 fully saturated rings. The van der Waals surface area contributed by atoms with Gasteiger partial charge in [-0.1, -0.05) is 29.8 Å². The Morgan fingerprint density at radius 3 is 2.50 bits per heavy atom. The van der Waals surface area contributed by atoms with E-state index in [4.69, 9.17) is 11.6 Å². The van der Waals surface area contributed by atoms with Gasteiger partial charge in [0.2, 0.25) is 0 Å². The number of halogens is 1. The van der Waals surface area contributed by atoms with E-state index in [-0.39, 0.29) is 16.9 Å². The molecule has 22 heavy (non-hydrogen) atoms. The van der Waals surface area contributed by atoms with E-state index < -0.39 is 0 Å². The largest absolute Gasteiger partial charge is 0.508 e. The maximum Gasteiger partial charge on any atom is 0.298 e. The summed E-state index contributed by atoms with van der Waals surface area (Å²) in [6.45, 7) is 0. The lowest BCUT2D eigenvalue weighted by Crippen LogP contribution is -2.27. The predicted octanol–water partition coefficient (Wildman–Crippen LogP) is 4.29. The number of nitrogens with zero attached hydrogens (tertiary/aromatic N) is 1. The average Bonchev–Trinajstić information content (AvgIpc) is 2.76. The van der Waals surface area contributed by atoms with Crippen LogP contribution in [-0.2, 0) is 4.79 Å². The molecular formula is C16H10ClNO3S. The first kappa shape index (κ1) is 14.7. The molecule has 0 aromatic heterocycles. The number of aromatic hydroxyl groups is 1. The van der Waals surface area contributed by atoms with Crippen LogP contribution in [0, 0.1) is 0 Å². The Morgan fingerprint density at radius 2 is 1.82 bits per heavy atom. The van der Waals surface area contributed by atoms with Crippen LogP contribution in [0.3, 0.4) is 0 Å². The average molecular weight is 332 g/mol. The summed E-state index contributed by atoms with van der Waals surface area (Å²) in [5.41, 5.74) is 1.18. The summed E-state index contributed by atoms with van der Waals surface area (Å²) in [7, 11) is 0. The fraction of sp³-hybridized carbons (Fsp3) is 0. The number of phenols is 1. The molecule has 2 aromatic carbocycles. The van der Waals surface area contributed by atoms with Gasteiger partial charge >= 0.3 is 0 Å².